The topological polar surface area (TPSA) is 102 Å². The molecule has 3 aromatic carbocycles. The van der Waals surface area contributed by atoms with Crippen molar-refractivity contribution in [2.24, 2.45) is 0 Å². The number of hydrogen-bond acceptors (Lipinski definition) is 7. The third kappa shape index (κ3) is 7.10. The predicted molar refractivity (Wildman–Crippen MR) is 159 cm³/mol. The van der Waals surface area contributed by atoms with Gasteiger partial charge in [0.05, 0.1) is 0 Å². The van der Waals surface area contributed by atoms with Crippen LogP contribution in [0.25, 0.3) is 10.8 Å². The van der Waals surface area contributed by atoms with E-state index in [4.69, 9.17) is 4.74 Å². The minimum Gasteiger partial charge on any atom is -0.491 e. The first-order valence-corrected chi connectivity index (χ1v) is 12.9. The molecule has 0 spiro atoms. The van der Waals surface area contributed by atoms with Gasteiger partial charge in [0, 0.05) is 74.9 Å². The second kappa shape index (κ2) is 13.9. The van der Waals surface area contributed by atoms with Crippen molar-refractivity contribution in [3.8, 4) is 5.75 Å². The lowest BCUT2D eigenvalue weighted by Gasteiger charge is -2.36. The molecule has 1 fully saturated rings. The number of carbonyl (C=O) groups is 3. The van der Waals surface area contributed by atoms with Gasteiger partial charge in [0.25, 0.3) is 11.8 Å². The molecule has 0 aliphatic carbocycles. The van der Waals surface area contributed by atoms with Crippen LogP contribution in [-0.2, 0) is 4.79 Å². The normalized spacial score (nSPS) is 16.2. The average molecular weight is 590 g/mol. The van der Waals surface area contributed by atoms with Gasteiger partial charge in [-0.2, -0.15) is 0 Å². The number of amides is 3. The molecule has 2 heterocycles. The highest BCUT2D eigenvalue weighted by molar-refractivity contribution is 6.25. The quantitative estimate of drug-likeness (QED) is 0.370. The molecule has 0 saturated carbocycles. The van der Waals surface area contributed by atoms with Crippen molar-refractivity contribution in [1.29, 1.82) is 0 Å². The lowest BCUT2D eigenvalue weighted by atomic mass is 9.94. The van der Waals surface area contributed by atoms with E-state index in [1.165, 1.54) is 11.8 Å². The number of anilines is 1. The van der Waals surface area contributed by atoms with Crippen LogP contribution in [0.3, 0.4) is 0 Å². The second-order valence-corrected chi connectivity index (χ2v) is 9.78. The summed E-state index contributed by atoms with van der Waals surface area (Å²) in [6.45, 7) is 6.24. The van der Waals surface area contributed by atoms with E-state index in [0.717, 1.165) is 37.0 Å². The minimum atomic E-state index is -0.636. The fraction of sp³-hybridized carbons (Fsp3) is 0.345. The van der Waals surface area contributed by atoms with Gasteiger partial charge < -0.3 is 15.2 Å². The first-order chi connectivity index (χ1) is 18.4. The molecular formula is C29H34Cl2N4O5. The van der Waals surface area contributed by atoms with Crippen LogP contribution in [0.1, 0.15) is 27.6 Å². The molecule has 1 unspecified atom stereocenters. The van der Waals surface area contributed by atoms with Crippen molar-refractivity contribution in [3.05, 3.63) is 71.8 Å². The maximum Gasteiger partial charge on any atom is 0.261 e. The van der Waals surface area contributed by atoms with Gasteiger partial charge in [-0.15, -0.1) is 24.8 Å². The number of carbonyl (C=O) groups excluding carboxylic acids is 3. The summed E-state index contributed by atoms with van der Waals surface area (Å²) < 4.78 is 5.69. The number of nitrogens with one attached hydrogen (secondary N) is 1. The van der Waals surface area contributed by atoms with Crippen LogP contribution in [0.2, 0.25) is 0 Å². The molecule has 11 heteroatoms. The molecule has 3 amide bonds. The summed E-state index contributed by atoms with van der Waals surface area (Å²) in [6, 6.07) is 18.2. The van der Waals surface area contributed by atoms with Gasteiger partial charge >= 0.3 is 0 Å². The molecule has 2 aliphatic rings. The van der Waals surface area contributed by atoms with Crippen molar-refractivity contribution in [2.45, 2.75) is 13.0 Å². The number of piperazine rings is 1. The van der Waals surface area contributed by atoms with Crippen LogP contribution in [0.15, 0.2) is 60.7 Å². The lowest BCUT2D eigenvalue weighted by molar-refractivity contribution is -0.114. The summed E-state index contributed by atoms with van der Waals surface area (Å²) in [5.74, 6) is 0.0338. The molecule has 0 bridgehead atoms. The van der Waals surface area contributed by atoms with E-state index in [-0.39, 0.29) is 49.1 Å². The Balaban J connectivity index is 0.00000220. The molecule has 0 aromatic heterocycles. The Hall–Kier alpha value is -3.21. The zero-order valence-corrected chi connectivity index (χ0v) is 23.9. The number of aliphatic hydroxyl groups excluding tert-OH is 1. The first kappa shape index (κ1) is 31.3. The van der Waals surface area contributed by atoms with E-state index < -0.39 is 6.10 Å². The first-order valence-electron chi connectivity index (χ1n) is 12.9. The molecule has 5 rings (SSSR count). The fourth-order valence-electron chi connectivity index (χ4n) is 5.10. The zero-order chi connectivity index (χ0) is 26.6. The average Bonchev–Trinajstić information content (AvgIpc) is 2.92. The van der Waals surface area contributed by atoms with E-state index in [1.807, 2.05) is 24.3 Å². The van der Waals surface area contributed by atoms with Crippen LogP contribution < -0.4 is 10.1 Å². The summed E-state index contributed by atoms with van der Waals surface area (Å²) in [5.41, 5.74) is 1.87. The monoisotopic (exact) mass is 588 g/mol. The number of imide groups is 1. The second-order valence-electron chi connectivity index (χ2n) is 9.78. The molecule has 2 N–H and O–H groups in total. The number of ether oxygens (including phenoxy) is 1. The molecule has 2 aliphatic heterocycles. The number of halogens is 2. The Labute approximate surface area is 245 Å². The lowest BCUT2D eigenvalue weighted by Crippen LogP contribution is -2.51. The number of aliphatic hydroxyl groups is 1. The van der Waals surface area contributed by atoms with Crippen molar-refractivity contribution in [2.75, 3.05) is 57.7 Å². The van der Waals surface area contributed by atoms with E-state index >= 15 is 0 Å². The van der Waals surface area contributed by atoms with Gasteiger partial charge in [-0.05, 0) is 41.8 Å². The third-order valence-corrected chi connectivity index (χ3v) is 7.05. The largest absolute Gasteiger partial charge is 0.491 e. The molecule has 9 nitrogen and oxygen atoms in total. The highest BCUT2D eigenvalue weighted by Gasteiger charge is 2.33. The maximum absolute atomic E-state index is 13.1. The number of β-amino-alcohol motifs (C(OH)–C–C–N with tert-alkyl or cyclic N) is 1. The van der Waals surface area contributed by atoms with Gasteiger partial charge in [0.1, 0.15) is 18.5 Å². The van der Waals surface area contributed by atoms with E-state index in [1.54, 1.807) is 36.4 Å². The number of nitrogens with zero attached hydrogens (tertiary/aromatic N) is 3. The summed E-state index contributed by atoms with van der Waals surface area (Å²) in [7, 11) is 0. The Bertz CT molecular complexity index is 1300. The molecular weight excluding hydrogens is 555 g/mol. The smallest absolute Gasteiger partial charge is 0.261 e. The summed E-state index contributed by atoms with van der Waals surface area (Å²) in [4.78, 5) is 43.1. The number of rotatable bonds is 9. The Morgan fingerprint density at radius 2 is 1.45 bits per heavy atom. The summed E-state index contributed by atoms with van der Waals surface area (Å²) in [6.07, 6.45) is -0.636. The van der Waals surface area contributed by atoms with E-state index in [0.29, 0.717) is 42.2 Å². The van der Waals surface area contributed by atoms with Crippen LogP contribution in [0, 0.1) is 0 Å². The van der Waals surface area contributed by atoms with Crippen LogP contribution in [-0.4, -0.2) is 96.1 Å². The molecule has 1 saturated heterocycles. The Morgan fingerprint density at radius 3 is 2.02 bits per heavy atom. The zero-order valence-electron chi connectivity index (χ0n) is 22.2. The van der Waals surface area contributed by atoms with Gasteiger partial charge in [-0.1, -0.05) is 24.3 Å². The molecule has 214 valence electrons. The maximum atomic E-state index is 13.1. The minimum absolute atomic E-state index is 0. The molecule has 3 aromatic rings. The fourth-order valence-corrected chi connectivity index (χ4v) is 5.10. The van der Waals surface area contributed by atoms with E-state index in [9.17, 15) is 19.5 Å². The van der Waals surface area contributed by atoms with Crippen LogP contribution in [0.4, 0.5) is 5.69 Å². The highest BCUT2D eigenvalue weighted by atomic mass is 35.5. The van der Waals surface area contributed by atoms with Crippen molar-refractivity contribution in [1.82, 2.24) is 14.7 Å². The summed E-state index contributed by atoms with van der Waals surface area (Å²) in [5, 5.41) is 14.8. The Kier molecular flexibility index (Phi) is 10.9. The third-order valence-electron chi connectivity index (χ3n) is 7.05. The number of benzene rings is 3. The van der Waals surface area contributed by atoms with E-state index in [2.05, 4.69) is 15.1 Å². The molecule has 1 atom stereocenters. The molecule has 0 radical (unpaired) electrons. The predicted octanol–water partition coefficient (Wildman–Crippen LogP) is 3.30. The van der Waals surface area contributed by atoms with Gasteiger partial charge in [-0.3, -0.25) is 29.1 Å². The highest BCUT2D eigenvalue weighted by Crippen LogP contribution is 2.29. The summed E-state index contributed by atoms with van der Waals surface area (Å²) >= 11 is 0. The number of hydrogen-bond donors (Lipinski definition) is 2. The van der Waals surface area contributed by atoms with Crippen LogP contribution in [0.5, 0.6) is 5.75 Å². The van der Waals surface area contributed by atoms with Gasteiger partial charge in [0.2, 0.25) is 5.91 Å². The molecule has 40 heavy (non-hydrogen) atoms. The van der Waals surface area contributed by atoms with Gasteiger partial charge in [0.15, 0.2) is 0 Å². The van der Waals surface area contributed by atoms with Crippen molar-refractivity contribution in [3.63, 3.8) is 0 Å². The Morgan fingerprint density at radius 1 is 0.875 bits per heavy atom. The van der Waals surface area contributed by atoms with Crippen molar-refractivity contribution < 1.29 is 24.2 Å². The van der Waals surface area contributed by atoms with Crippen molar-refractivity contribution >= 4 is 59.0 Å². The standard InChI is InChI=1S/C29H32N4O5.2ClH/c1-20(34)30-22-8-10-24(11-9-22)38-19-23(35)18-32-14-12-31(13-15-32)16-17-33-28(36)25-6-2-4-21-5-3-7-26(27(21)25)29(33)37;;/h2-11,23,35H,12-19H2,1H3,(H,30,34);2*1H. The SMILES string of the molecule is CC(=O)Nc1ccc(OCC(O)CN2CCN(CCN3C(=O)c4cccc5cccc(c45)C3=O)CC2)cc1.Cl.Cl. The van der Waals surface area contributed by atoms with Gasteiger partial charge in [-0.25, -0.2) is 0 Å². The van der Waals surface area contributed by atoms with Crippen LogP contribution >= 0.6 is 24.8 Å².